The summed E-state index contributed by atoms with van der Waals surface area (Å²) >= 11 is 0. The van der Waals surface area contributed by atoms with Gasteiger partial charge in [-0.25, -0.2) is 8.78 Å². The molecule has 0 bridgehead atoms. The van der Waals surface area contributed by atoms with Crippen molar-refractivity contribution in [1.29, 1.82) is 0 Å². The highest BCUT2D eigenvalue weighted by atomic mass is 19.3. The van der Waals surface area contributed by atoms with Crippen LogP contribution in [0.4, 0.5) is 8.78 Å². The molecule has 1 aromatic rings. The van der Waals surface area contributed by atoms with Gasteiger partial charge in [0.15, 0.2) is 0 Å². The van der Waals surface area contributed by atoms with Crippen LogP contribution in [0, 0.1) is 5.92 Å². The monoisotopic (exact) mass is 200 g/mol. The third-order valence-corrected chi connectivity index (χ3v) is 2.24. The first-order chi connectivity index (χ1) is 6.52. The number of halogens is 2. The Balaban J connectivity index is 2.99. The second-order valence-corrected chi connectivity index (χ2v) is 3.70. The van der Waals surface area contributed by atoms with Gasteiger partial charge in [0.25, 0.3) is 0 Å². The molecule has 0 radical (unpaired) electrons. The van der Waals surface area contributed by atoms with Gasteiger partial charge in [-0.05, 0) is 23.6 Å². The van der Waals surface area contributed by atoms with Crippen LogP contribution >= 0.6 is 0 Å². The van der Waals surface area contributed by atoms with E-state index < -0.39 is 12.3 Å². The third-order valence-electron chi connectivity index (χ3n) is 2.24. The standard InChI is InChI=1S/C11H14F2O/c1-7(2)10(11(12)13)8-4-3-5-9(14)6-8/h3-7,10-11,14H,1-2H3. The largest absolute Gasteiger partial charge is 0.508 e. The molecular weight excluding hydrogens is 186 g/mol. The lowest BCUT2D eigenvalue weighted by atomic mass is 9.89. The number of aromatic hydroxyl groups is 1. The minimum Gasteiger partial charge on any atom is -0.508 e. The van der Waals surface area contributed by atoms with Crippen LogP contribution in [0.2, 0.25) is 0 Å². The van der Waals surface area contributed by atoms with Crippen LogP contribution in [0.15, 0.2) is 24.3 Å². The maximum absolute atomic E-state index is 12.7. The van der Waals surface area contributed by atoms with E-state index >= 15 is 0 Å². The van der Waals surface area contributed by atoms with Crippen LogP contribution in [0.3, 0.4) is 0 Å². The van der Waals surface area contributed by atoms with E-state index in [2.05, 4.69) is 0 Å². The quantitative estimate of drug-likeness (QED) is 0.792. The zero-order valence-electron chi connectivity index (χ0n) is 8.24. The first-order valence-electron chi connectivity index (χ1n) is 4.59. The van der Waals surface area contributed by atoms with E-state index in [4.69, 9.17) is 0 Å². The minimum absolute atomic E-state index is 0.0359. The molecule has 0 aromatic heterocycles. The predicted octanol–water partition coefficient (Wildman–Crippen LogP) is 3.40. The first kappa shape index (κ1) is 11.0. The molecule has 0 aliphatic carbocycles. The summed E-state index contributed by atoms with van der Waals surface area (Å²) in [5.74, 6) is -0.910. The summed E-state index contributed by atoms with van der Waals surface area (Å²) in [6, 6.07) is 6.09. The van der Waals surface area contributed by atoms with Gasteiger partial charge in [-0.1, -0.05) is 26.0 Å². The van der Waals surface area contributed by atoms with Gasteiger partial charge in [0.05, 0.1) is 0 Å². The molecule has 1 atom stereocenters. The van der Waals surface area contributed by atoms with E-state index in [0.717, 1.165) is 0 Å². The van der Waals surface area contributed by atoms with Gasteiger partial charge in [0, 0.05) is 5.92 Å². The van der Waals surface area contributed by atoms with Gasteiger partial charge >= 0.3 is 0 Å². The second-order valence-electron chi connectivity index (χ2n) is 3.70. The van der Waals surface area contributed by atoms with Crippen molar-refractivity contribution in [2.24, 2.45) is 5.92 Å². The van der Waals surface area contributed by atoms with Crippen LogP contribution in [0.5, 0.6) is 5.75 Å². The normalized spacial score (nSPS) is 13.6. The second kappa shape index (κ2) is 4.40. The fraction of sp³-hybridized carbons (Fsp3) is 0.455. The van der Waals surface area contributed by atoms with Crippen molar-refractivity contribution in [3.8, 4) is 5.75 Å². The lowest BCUT2D eigenvalue weighted by Crippen LogP contribution is -2.15. The molecule has 1 N–H and O–H groups in total. The van der Waals surface area contributed by atoms with Crippen LogP contribution in [0.1, 0.15) is 25.3 Å². The SMILES string of the molecule is CC(C)C(c1cccc(O)c1)C(F)F. The Morgan fingerprint density at radius 2 is 1.86 bits per heavy atom. The third kappa shape index (κ3) is 2.44. The number of phenolic OH excluding ortho intramolecular Hbond substituents is 1. The summed E-state index contributed by atoms with van der Waals surface area (Å²) in [6.07, 6.45) is -2.39. The smallest absolute Gasteiger partial charge is 0.245 e. The highest BCUT2D eigenvalue weighted by Crippen LogP contribution is 2.32. The van der Waals surface area contributed by atoms with Crippen molar-refractivity contribution in [2.45, 2.75) is 26.2 Å². The van der Waals surface area contributed by atoms with Crippen LogP contribution in [-0.4, -0.2) is 11.5 Å². The molecule has 1 rings (SSSR count). The van der Waals surface area contributed by atoms with Gasteiger partial charge in [-0.15, -0.1) is 0 Å². The van der Waals surface area contributed by atoms with E-state index in [1.165, 1.54) is 12.1 Å². The Hall–Kier alpha value is -1.12. The van der Waals surface area contributed by atoms with E-state index in [1.54, 1.807) is 26.0 Å². The molecule has 78 valence electrons. The number of rotatable bonds is 3. The average molecular weight is 200 g/mol. The summed E-state index contributed by atoms with van der Waals surface area (Å²) in [5.41, 5.74) is 0.495. The van der Waals surface area contributed by atoms with Gasteiger partial charge < -0.3 is 5.11 Å². The molecule has 14 heavy (non-hydrogen) atoms. The Bertz CT molecular complexity index is 289. The van der Waals surface area contributed by atoms with E-state index in [1.807, 2.05) is 0 Å². The lowest BCUT2D eigenvalue weighted by Gasteiger charge is -2.20. The zero-order chi connectivity index (χ0) is 10.7. The van der Waals surface area contributed by atoms with Crippen LogP contribution in [0.25, 0.3) is 0 Å². The van der Waals surface area contributed by atoms with Crippen molar-refractivity contribution >= 4 is 0 Å². The van der Waals surface area contributed by atoms with Crippen molar-refractivity contribution in [2.75, 3.05) is 0 Å². The first-order valence-corrected chi connectivity index (χ1v) is 4.59. The van der Waals surface area contributed by atoms with Crippen molar-refractivity contribution in [3.05, 3.63) is 29.8 Å². The topological polar surface area (TPSA) is 20.2 Å². The summed E-state index contributed by atoms with van der Waals surface area (Å²) in [5, 5.41) is 9.18. The maximum Gasteiger partial charge on any atom is 0.245 e. The molecule has 0 fully saturated rings. The van der Waals surface area contributed by atoms with Crippen LogP contribution in [-0.2, 0) is 0 Å². The van der Waals surface area contributed by atoms with Crippen molar-refractivity contribution in [1.82, 2.24) is 0 Å². The molecule has 0 aliphatic rings. The number of alkyl halides is 2. The molecule has 1 nitrogen and oxygen atoms in total. The molecule has 0 spiro atoms. The lowest BCUT2D eigenvalue weighted by molar-refractivity contribution is 0.0934. The average Bonchev–Trinajstić information content (AvgIpc) is 2.02. The molecule has 0 heterocycles. The van der Waals surface area contributed by atoms with Gasteiger partial charge in [-0.2, -0.15) is 0 Å². The molecule has 0 saturated carbocycles. The number of hydrogen-bond donors (Lipinski definition) is 1. The summed E-state index contributed by atoms with van der Waals surface area (Å²) in [6.45, 7) is 3.50. The van der Waals surface area contributed by atoms with Gasteiger partial charge in [-0.3, -0.25) is 0 Å². The number of benzene rings is 1. The zero-order valence-corrected chi connectivity index (χ0v) is 8.24. The van der Waals surface area contributed by atoms with Gasteiger partial charge in [0.2, 0.25) is 6.43 Å². The Kier molecular flexibility index (Phi) is 3.44. The molecule has 1 aromatic carbocycles. The van der Waals surface area contributed by atoms with Crippen molar-refractivity contribution in [3.63, 3.8) is 0 Å². The maximum atomic E-state index is 12.7. The predicted molar refractivity (Wildman–Crippen MR) is 51.7 cm³/mol. The van der Waals surface area contributed by atoms with E-state index in [-0.39, 0.29) is 11.7 Å². The Morgan fingerprint density at radius 3 is 2.29 bits per heavy atom. The van der Waals surface area contributed by atoms with Crippen molar-refractivity contribution < 1.29 is 13.9 Å². The molecule has 3 heteroatoms. The molecule has 0 amide bonds. The van der Waals surface area contributed by atoms with Crippen LogP contribution < -0.4 is 0 Å². The molecule has 0 saturated heterocycles. The van der Waals surface area contributed by atoms with E-state index in [0.29, 0.717) is 5.56 Å². The number of phenols is 1. The van der Waals surface area contributed by atoms with E-state index in [9.17, 15) is 13.9 Å². The Morgan fingerprint density at radius 1 is 1.21 bits per heavy atom. The summed E-state index contributed by atoms with van der Waals surface area (Å²) < 4.78 is 25.4. The summed E-state index contributed by atoms with van der Waals surface area (Å²) in [4.78, 5) is 0. The minimum atomic E-state index is -2.39. The van der Waals surface area contributed by atoms with Gasteiger partial charge in [0.1, 0.15) is 5.75 Å². The highest BCUT2D eigenvalue weighted by Gasteiger charge is 2.25. The molecular formula is C11H14F2O. The Labute approximate surface area is 82.4 Å². The highest BCUT2D eigenvalue weighted by molar-refractivity contribution is 5.30. The fourth-order valence-electron chi connectivity index (χ4n) is 1.55. The molecule has 1 unspecified atom stereocenters. The molecule has 0 aliphatic heterocycles. The fourth-order valence-corrected chi connectivity index (χ4v) is 1.55. The summed E-state index contributed by atoms with van der Waals surface area (Å²) in [7, 11) is 0. The number of hydrogen-bond acceptors (Lipinski definition) is 1.